The van der Waals surface area contributed by atoms with Gasteiger partial charge in [-0.3, -0.25) is 0 Å². The van der Waals surface area contributed by atoms with Crippen molar-refractivity contribution in [2.75, 3.05) is 11.1 Å². The van der Waals surface area contributed by atoms with Crippen molar-refractivity contribution < 1.29 is 0 Å². The van der Waals surface area contributed by atoms with Gasteiger partial charge in [0, 0.05) is 46.1 Å². The van der Waals surface area contributed by atoms with Gasteiger partial charge >= 0.3 is 0 Å². The number of nitrogens with two attached hydrogens (primary N) is 1. The van der Waals surface area contributed by atoms with Gasteiger partial charge in [-0.2, -0.15) is 0 Å². The fourth-order valence-electron chi connectivity index (χ4n) is 2.90. The first-order valence-electron chi connectivity index (χ1n) is 8.22. The number of aryl methyl sites for hydroxylation is 1. The zero-order valence-electron chi connectivity index (χ0n) is 14.2. The minimum absolute atomic E-state index is 0.573. The number of nitrogens with one attached hydrogen (secondary N) is 3. The van der Waals surface area contributed by atoms with Crippen molar-refractivity contribution in [3.8, 4) is 11.4 Å². The summed E-state index contributed by atoms with van der Waals surface area (Å²) in [7, 11) is 0. The van der Waals surface area contributed by atoms with Gasteiger partial charge in [0.1, 0.15) is 5.82 Å². The smallest absolute Gasteiger partial charge is 0.161 e. The molecule has 0 atom stereocenters. The molecule has 0 fully saturated rings. The Morgan fingerprint density at radius 1 is 1.12 bits per heavy atom. The van der Waals surface area contributed by atoms with Crippen LogP contribution in [0.15, 0.2) is 54.7 Å². The number of hydrogen-bond acceptors (Lipinski definition) is 5. The molecule has 0 amide bonds. The zero-order chi connectivity index (χ0) is 18.1. The summed E-state index contributed by atoms with van der Waals surface area (Å²) in [5.41, 5.74) is 11.0. The van der Waals surface area contributed by atoms with E-state index in [0.717, 1.165) is 22.5 Å². The average Bonchev–Trinajstić information content (AvgIpc) is 3.02. The molecule has 4 aromatic rings. The van der Waals surface area contributed by atoms with Crippen LogP contribution in [0, 0.1) is 12.3 Å². The van der Waals surface area contributed by atoms with E-state index in [2.05, 4.69) is 38.5 Å². The van der Waals surface area contributed by atoms with Crippen molar-refractivity contribution in [3.05, 3.63) is 66.0 Å². The summed E-state index contributed by atoms with van der Waals surface area (Å²) in [5, 5.41) is 11.8. The molecule has 0 saturated heterocycles. The lowest BCUT2D eigenvalue weighted by molar-refractivity contribution is 1.17. The fourth-order valence-corrected chi connectivity index (χ4v) is 2.90. The van der Waals surface area contributed by atoms with E-state index in [1.165, 1.54) is 11.6 Å². The number of anilines is 3. The zero-order valence-corrected chi connectivity index (χ0v) is 14.2. The second-order valence-electron chi connectivity index (χ2n) is 6.13. The van der Waals surface area contributed by atoms with Gasteiger partial charge in [-0.25, -0.2) is 9.97 Å². The van der Waals surface area contributed by atoms with Crippen LogP contribution in [0.5, 0.6) is 0 Å². The standard InChI is InChI=1S/C20H18N6/c1-12-8-13-2-3-14(10-18(13)24-12)20-23-7-6-19(26-20)25-16-4-5-17(22)15(9-16)11-21/h2-11,21,24H,22H2,1H3,(H,23,25,26). The highest BCUT2D eigenvalue weighted by Crippen LogP contribution is 2.24. The Bertz CT molecular complexity index is 1110. The second kappa shape index (κ2) is 6.33. The lowest BCUT2D eigenvalue weighted by atomic mass is 10.1. The van der Waals surface area contributed by atoms with Gasteiger partial charge in [0.2, 0.25) is 0 Å². The predicted octanol–water partition coefficient (Wildman–Crippen LogP) is 4.26. The lowest BCUT2D eigenvalue weighted by Gasteiger charge is -2.09. The molecule has 4 rings (SSSR count). The van der Waals surface area contributed by atoms with Crippen LogP contribution < -0.4 is 11.1 Å². The van der Waals surface area contributed by atoms with Gasteiger partial charge in [0.25, 0.3) is 0 Å². The normalized spacial score (nSPS) is 10.8. The molecule has 0 saturated carbocycles. The van der Waals surface area contributed by atoms with Crippen molar-refractivity contribution in [1.82, 2.24) is 15.0 Å². The van der Waals surface area contributed by atoms with Crippen molar-refractivity contribution in [1.29, 1.82) is 5.41 Å². The maximum absolute atomic E-state index is 7.41. The molecule has 0 aliphatic carbocycles. The molecule has 0 radical (unpaired) electrons. The predicted molar refractivity (Wildman–Crippen MR) is 106 cm³/mol. The summed E-state index contributed by atoms with van der Waals surface area (Å²) in [6.45, 7) is 2.04. The molecule has 0 unspecified atom stereocenters. The number of nitrogens with zero attached hydrogens (tertiary/aromatic N) is 2. The monoisotopic (exact) mass is 342 g/mol. The van der Waals surface area contributed by atoms with Crippen LogP contribution in [-0.2, 0) is 0 Å². The second-order valence-corrected chi connectivity index (χ2v) is 6.13. The van der Waals surface area contributed by atoms with E-state index >= 15 is 0 Å². The Morgan fingerprint density at radius 2 is 2.00 bits per heavy atom. The molecule has 5 N–H and O–H groups in total. The molecule has 2 heterocycles. The van der Waals surface area contributed by atoms with Crippen molar-refractivity contribution in [2.24, 2.45) is 0 Å². The molecule has 0 spiro atoms. The third-order valence-corrected chi connectivity index (χ3v) is 4.19. The van der Waals surface area contributed by atoms with Gasteiger partial charge < -0.3 is 21.4 Å². The molecule has 0 bridgehead atoms. The summed E-state index contributed by atoms with van der Waals surface area (Å²) >= 11 is 0. The minimum Gasteiger partial charge on any atom is -0.398 e. The van der Waals surface area contributed by atoms with Gasteiger partial charge in [-0.15, -0.1) is 0 Å². The number of H-pyrrole nitrogens is 1. The van der Waals surface area contributed by atoms with Crippen LogP contribution in [-0.4, -0.2) is 21.2 Å². The molecule has 26 heavy (non-hydrogen) atoms. The number of aromatic amines is 1. The van der Waals surface area contributed by atoms with Crippen LogP contribution in [0.2, 0.25) is 0 Å². The molecular formula is C20H18N6. The molecule has 2 aromatic heterocycles. The van der Waals surface area contributed by atoms with Gasteiger partial charge in [0.15, 0.2) is 5.82 Å². The van der Waals surface area contributed by atoms with Crippen LogP contribution in [0.1, 0.15) is 11.3 Å². The molecule has 128 valence electrons. The van der Waals surface area contributed by atoms with E-state index in [1.54, 1.807) is 18.3 Å². The number of aromatic nitrogens is 3. The third kappa shape index (κ3) is 3.00. The van der Waals surface area contributed by atoms with Crippen molar-refractivity contribution in [3.63, 3.8) is 0 Å². The maximum Gasteiger partial charge on any atom is 0.161 e. The minimum atomic E-state index is 0.573. The highest BCUT2D eigenvalue weighted by atomic mass is 15.0. The molecule has 6 heteroatoms. The molecule has 0 aliphatic rings. The Morgan fingerprint density at radius 3 is 2.85 bits per heavy atom. The van der Waals surface area contributed by atoms with E-state index in [-0.39, 0.29) is 0 Å². The summed E-state index contributed by atoms with van der Waals surface area (Å²) < 4.78 is 0. The number of nitrogen functional groups attached to an aromatic ring is 1. The Hall–Kier alpha value is -3.67. The summed E-state index contributed by atoms with van der Waals surface area (Å²) in [4.78, 5) is 12.3. The summed E-state index contributed by atoms with van der Waals surface area (Å²) in [6.07, 6.45) is 2.96. The lowest BCUT2D eigenvalue weighted by Crippen LogP contribution is -1.99. The highest BCUT2D eigenvalue weighted by molar-refractivity contribution is 5.87. The van der Waals surface area contributed by atoms with E-state index < -0.39 is 0 Å². The van der Waals surface area contributed by atoms with Gasteiger partial charge in [-0.1, -0.05) is 12.1 Å². The topological polar surface area (TPSA) is 103 Å². The Balaban J connectivity index is 1.66. The van der Waals surface area contributed by atoms with E-state index in [0.29, 0.717) is 22.9 Å². The first-order chi connectivity index (χ1) is 12.6. The first-order valence-corrected chi connectivity index (χ1v) is 8.22. The molecule has 0 aliphatic heterocycles. The molecule has 2 aromatic carbocycles. The van der Waals surface area contributed by atoms with E-state index in [1.807, 2.05) is 25.1 Å². The summed E-state index contributed by atoms with van der Waals surface area (Å²) in [6, 6.07) is 15.5. The summed E-state index contributed by atoms with van der Waals surface area (Å²) in [5.74, 6) is 1.32. The van der Waals surface area contributed by atoms with Gasteiger partial charge in [-0.05, 0) is 48.7 Å². The van der Waals surface area contributed by atoms with Crippen LogP contribution in [0.4, 0.5) is 17.2 Å². The average molecular weight is 342 g/mol. The van der Waals surface area contributed by atoms with Crippen LogP contribution >= 0.6 is 0 Å². The SMILES string of the molecule is Cc1cc2ccc(-c3nccc(Nc4ccc(N)c(C=N)c4)n3)cc2[nH]1. The largest absolute Gasteiger partial charge is 0.398 e. The number of benzene rings is 2. The van der Waals surface area contributed by atoms with Crippen LogP contribution in [0.25, 0.3) is 22.3 Å². The highest BCUT2D eigenvalue weighted by Gasteiger charge is 2.06. The number of hydrogen-bond donors (Lipinski definition) is 4. The van der Waals surface area contributed by atoms with Crippen molar-refractivity contribution in [2.45, 2.75) is 6.92 Å². The number of rotatable bonds is 4. The van der Waals surface area contributed by atoms with Gasteiger partial charge in [0.05, 0.1) is 0 Å². The first kappa shape index (κ1) is 15.8. The Kier molecular flexibility index (Phi) is 3.85. The third-order valence-electron chi connectivity index (χ3n) is 4.19. The van der Waals surface area contributed by atoms with E-state index in [9.17, 15) is 0 Å². The number of fused-ring (bicyclic) bond motifs is 1. The van der Waals surface area contributed by atoms with Crippen LogP contribution in [0.3, 0.4) is 0 Å². The molecule has 6 nitrogen and oxygen atoms in total. The molecular weight excluding hydrogens is 324 g/mol. The van der Waals surface area contributed by atoms with Crippen molar-refractivity contribution >= 4 is 34.3 Å². The van der Waals surface area contributed by atoms with E-state index in [4.69, 9.17) is 11.1 Å². The quantitative estimate of drug-likeness (QED) is 0.329. The Labute approximate surface area is 150 Å². The maximum atomic E-state index is 7.41. The fraction of sp³-hybridized carbons (Fsp3) is 0.0500.